The molecule has 12 aliphatic rings. The summed E-state index contributed by atoms with van der Waals surface area (Å²) in [6, 6.07) is 47.2. The third kappa shape index (κ3) is 20.5. The average Bonchev–Trinajstić information content (AvgIpc) is 1.69. The number of aliphatic hydroxyl groups is 3. The molecule has 8 amide bonds. The lowest BCUT2D eigenvalue weighted by Crippen LogP contribution is -2.55. The molecule has 15 N–H and O–H groups in total. The highest BCUT2D eigenvalue weighted by Gasteiger charge is 2.52. The van der Waals surface area contributed by atoms with E-state index in [9.17, 15) is 53.7 Å². The first-order valence-electron chi connectivity index (χ1n) is 48.7. The highest BCUT2D eigenvalue weighted by molar-refractivity contribution is 6.04. The molecule has 10 heterocycles. The molecule has 6 unspecified atom stereocenters. The summed E-state index contributed by atoms with van der Waals surface area (Å²) in [4.78, 5) is 130. The second-order valence-electron chi connectivity index (χ2n) is 42.0. The van der Waals surface area contributed by atoms with Gasteiger partial charge in [0.05, 0.1) is 114 Å². The summed E-state index contributed by atoms with van der Waals surface area (Å²) >= 11 is 0. The summed E-state index contributed by atoms with van der Waals surface area (Å²) in [6.07, 6.45) is 1.29. The van der Waals surface area contributed by atoms with Gasteiger partial charge in [0.2, 0.25) is 23.6 Å². The van der Waals surface area contributed by atoms with Gasteiger partial charge in [-0.1, -0.05) is 91.9 Å². The molecule has 0 spiro atoms. The number of nitrogens with zero attached hydrogens (tertiary/aromatic N) is 8. The Labute approximate surface area is 836 Å². The monoisotopic (exact) mass is 1970 g/mol. The number of benzene rings is 8. The van der Waals surface area contributed by atoms with E-state index in [0.29, 0.717) is 107 Å². The maximum absolute atomic E-state index is 13.4. The summed E-state index contributed by atoms with van der Waals surface area (Å²) in [6.45, 7) is 23.7. The average molecular weight is 1970 g/mol. The summed E-state index contributed by atoms with van der Waals surface area (Å²) in [5.74, 6) is 2.35. The van der Waals surface area contributed by atoms with Crippen LogP contribution in [-0.2, 0) is 46.2 Å². The Morgan fingerprint density at radius 3 is 1.20 bits per heavy atom. The van der Waals surface area contributed by atoms with Crippen molar-refractivity contribution in [1.82, 2.24) is 40.9 Å². The number of carbonyl (C=O) groups excluding carboxylic acids is 8. The van der Waals surface area contributed by atoms with Gasteiger partial charge in [-0.3, -0.25) is 58.0 Å². The maximum atomic E-state index is 13.4. The Kier molecular flexibility index (Phi) is 27.9. The van der Waals surface area contributed by atoms with E-state index in [1.54, 1.807) is 113 Å². The van der Waals surface area contributed by atoms with Crippen LogP contribution >= 0.6 is 0 Å². The minimum Gasteiger partial charge on any atom is -0.493 e. The van der Waals surface area contributed by atoms with E-state index in [-0.39, 0.29) is 134 Å². The fraction of sp³-hybridized carbons (Fsp3) is 0.444. The first-order chi connectivity index (χ1) is 68.3. The number of ether oxygens (including phenoxy) is 9. The van der Waals surface area contributed by atoms with Crippen molar-refractivity contribution >= 4 is 71.1 Å². The summed E-state index contributed by atoms with van der Waals surface area (Å²) in [5, 5.41) is 45.2. The Bertz CT molecular complexity index is 6320. The number of aliphatic hydroxyl groups excluding tert-OH is 1. The van der Waals surface area contributed by atoms with Crippen molar-refractivity contribution in [3.8, 4) is 34.5 Å². The summed E-state index contributed by atoms with van der Waals surface area (Å²) in [7, 11) is 4.70. The van der Waals surface area contributed by atoms with Gasteiger partial charge in [-0.2, -0.15) is 0 Å². The maximum Gasteiger partial charge on any atom is 0.251 e. The van der Waals surface area contributed by atoms with Crippen LogP contribution < -0.4 is 72.6 Å². The molecule has 0 saturated carbocycles. The first-order valence-corrected chi connectivity index (χ1v) is 48.7. The highest BCUT2D eigenvalue weighted by Crippen LogP contribution is 2.49. The molecule has 0 fully saturated rings. The van der Waals surface area contributed by atoms with E-state index in [4.69, 9.17) is 65.6 Å². The van der Waals surface area contributed by atoms with Gasteiger partial charge < -0.3 is 102 Å². The first kappa shape index (κ1) is 101. The van der Waals surface area contributed by atoms with Crippen molar-refractivity contribution in [2.75, 3.05) is 54.4 Å². The number of rotatable bonds is 16. The van der Waals surface area contributed by atoms with E-state index in [0.717, 1.165) is 56.9 Å². The number of nitrogens with one attached hydrogen (secondary N) is 4. The van der Waals surface area contributed by atoms with Crippen molar-refractivity contribution < 1.29 is 96.3 Å². The molecule has 760 valence electrons. The zero-order chi connectivity index (χ0) is 103. The summed E-state index contributed by atoms with van der Waals surface area (Å²) < 4.78 is 52.2. The lowest BCUT2D eigenvalue weighted by molar-refractivity contribution is -0.135. The molecule has 0 bridgehead atoms. The van der Waals surface area contributed by atoms with Crippen LogP contribution in [0.15, 0.2) is 190 Å². The molecule has 15 atom stereocenters. The molecule has 8 aromatic rings. The van der Waals surface area contributed by atoms with Gasteiger partial charge in [0.15, 0.2) is 23.8 Å². The van der Waals surface area contributed by atoms with Gasteiger partial charge in [-0.05, 0) is 190 Å². The molecule has 0 saturated heterocycles. The van der Waals surface area contributed by atoms with Gasteiger partial charge in [0.25, 0.3) is 23.6 Å². The predicted molar refractivity (Wildman–Crippen MR) is 535 cm³/mol. The largest absolute Gasteiger partial charge is 0.493 e. The second kappa shape index (κ2) is 39.6. The van der Waals surface area contributed by atoms with Gasteiger partial charge in [-0.25, -0.2) is 20.0 Å². The zero-order valence-corrected chi connectivity index (χ0v) is 83.7. The van der Waals surface area contributed by atoms with Gasteiger partial charge in [0.1, 0.15) is 90.9 Å². The molecule has 8 aromatic carbocycles. The SMILES string of the molecule is CC1(C)CC(=O)N(C2c3cc(C(=O)N[C@H]4CC(C)(C)Oc5ccccc54)ccc3OCC2O)C(N)=N1.CC[C@]1(C)CC(=O)N([C@@H]2CCOc3ccc(C(=O)N[C@@H]4c5ccccc5OC[C@H]4OC)cc32)C(N)=N1.COC1COc2ccc(C(=O)N[C@@H]3c4ccccc4C[C@@]3(C)O)cc2C1N1C(=O)CC(C)(C)N=C1N.COC1COc2ccc(C(=O)N[C@@H]3c4ccccc4C[C@]3(C)O)cc2C1N1C(=O)CC(C)(C)N=C1N. The molecule has 144 heavy (non-hydrogen) atoms. The number of nitrogens with two attached hydrogens (primary N) is 4. The molecular weight excluding hydrogens is 1840 g/mol. The number of methoxy groups -OCH3 is 3. The lowest BCUT2D eigenvalue weighted by atomic mass is 9.89. The Morgan fingerprint density at radius 1 is 0.396 bits per heavy atom. The fourth-order valence-corrected chi connectivity index (χ4v) is 21.6. The standard InChI is InChI=1S/4C27H32N4O5/c1-26(2)13-22(33)31(25(28)30-26)23-17-11-15(9-10-20(17)35-14-19(23)32)24(34)29-18-12-27(3,4)36-21-8-6-5-7-16(18)21;2*1-26(2)13-21(32)31(25(28)30-26)22-18-11-15(9-10-19(18)36-14-20(22)35-4)24(33)29-23-17-8-6-5-7-16(17)12-27(23,3)34;1-4-27(2)14-23(32)31(26(28)30-27)19-11-12-35-21-10-9-16(13-18(19)21)25(33)29-24-17-7-5-6-8-20(17)36-15-22(24)34-3/h5-11,18-19,23,32H,12-14H2,1-4H3,(H2,28,30)(H,29,34);2*5-11,20,22-23,34H,12-14H2,1-4H3,(H2,28,30)(H,29,33);5-10,13,19,22,24H,4,11-12,14-15H2,1-3H3,(H2,28,30)(H,29,33)/t18-,19?,23?;20?,22?,23-,27+;20?,22?,23-,27-;19-,22-,24-,27-/m0111/s1. The van der Waals surface area contributed by atoms with Gasteiger partial charge >= 0.3 is 0 Å². The number of hydrogen-bond acceptors (Lipinski definition) is 28. The van der Waals surface area contributed by atoms with Crippen molar-refractivity contribution in [2.45, 2.75) is 253 Å². The van der Waals surface area contributed by atoms with Crippen LogP contribution in [0.1, 0.15) is 273 Å². The second-order valence-corrected chi connectivity index (χ2v) is 42.0. The van der Waals surface area contributed by atoms with Crippen LogP contribution in [0.4, 0.5) is 0 Å². The van der Waals surface area contributed by atoms with Crippen molar-refractivity contribution in [1.29, 1.82) is 0 Å². The third-order valence-corrected chi connectivity index (χ3v) is 28.8. The third-order valence-electron chi connectivity index (χ3n) is 28.8. The normalized spacial score (nSPS) is 27.6. The number of fused-ring (bicyclic) bond motifs is 8. The van der Waals surface area contributed by atoms with Crippen LogP contribution in [0.3, 0.4) is 0 Å². The Hall–Kier alpha value is -14.0. The quantitative estimate of drug-likeness (QED) is 0.0428. The molecule has 36 nitrogen and oxygen atoms in total. The number of aliphatic imine (C=N–C) groups is 4. The number of guanidine groups is 4. The zero-order valence-electron chi connectivity index (χ0n) is 83.7. The molecule has 2 aliphatic carbocycles. The van der Waals surface area contributed by atoms with Crippen molar-refractivity contribution in [3.05, 3.63) is 248 Å². The van der Waals surface area contributed by atoms with Crippen molar-refractivity contribution in [2.24, 2.45) is 42.9 Å². The fourth-order valence-electron chi connectivity index (χ4n) is 21.6. The van der Waals surface area contributed by atoms with E-state index in [1.807, 2.05) is 166 Å². The molecular formula is C108H128N16O20. The lowest BCUT2D eigenvalue weighted by Gasteiger charge is -2.42. The van der Waals surface area contributed by atoms with E-state index in [2.05, 4.69) is 41.2 Å². The molecule has 0 aromatic heterocycles. The minimum atomic E-state index is -1.11. The Morgan fingerprint density at radius 2 is 0.757 bits per heavy atom. The molecule has 0 radical (unpaired) electrons. The molecule has 20 rings (SSSR count). The van der Waals surface area contributed by atoms with E-state index >= 15 is 0 Å². The topological polar surface area (TPSA) is 495 Å². The van der Waals surface area contributed by atoms with Gasteiger partial charge in [-0.15, -0.1) is 0 Å². The highest BCUT2D eigenvalue weighted by atomic mass is 16.5. The van der Waals surface area contributed by atoms with Crippen LogP contribution in [0.5, 0.6) is 34.5 Å². The minimum absolute atomic E-state index is 0.00238. The van der Waals surface area contributed by atoms with Crippen molar-refractivity contribution in [3.63, 3.8) is 0 Å². The van der Waals surface area contributed by atoms with Crippen LogP contribution in [0, 0.1) is 0 Å². The molecule has 10 aliphatic heterocycles. The number of para-hydroxylation sites is 2. The van der Waals surface area contributed by atoms with Crippen LogP contribution in [0.25, 0.3) is 0 Å². The van der Waals surface area contributed by atoms with E-state index in [1.165, 1.54) is 14.7 Å². The smallest absolute Gasteiger partial charge is 0.251 e. The number of amides is 8. The Balaban J connectivity index is 0.000000132. The van der Waals surface area contributed by atoms with E-state index < -0.39 is 87.5 Å². The van der Waals surface area contributed by atoms with Gasteiger partial charge in [0, 0.05) is 103 Å². The predicted octanol–water partition coefficient (Wildman–Crippen LogP) is 10.4. The summed E-state index contributed by atoms with van der Waals surface area (Å²) in [5.41, 5.74) is 29.8. The molecule has 36 heteroatoms. The van der Waals surface area contributed by atoms with Crippen LogP contribution in [-0.4, -0.2) is 224 Å². The number of carbonyl (C=O) groups is 8. The van der Waals surface area contributed by atoms with Crippen LogP contribution in [0.2, 0.25) is 0 Å². The number of hydrogen-bond donors (Lipinski definition) is 11.